The molecule has 0 saturated carbocycles. The summed E-state index contributed by atoms with van der Waals surface area (Å²) >= 11 is 11.9. The number of hydrogen-bond donors (Lipinski definition) is 2. The fraction of sp³-hybridized carbons (Fsp3) is 0.200. The Morgan fingerprint density at radius 3 is 2.86 bits per heavy atom. The normalized spacial score (nSPS) is 10.2. The zero-order chi connectivity index (χ0) is 15.1. The van der Waals surface area contributed by atoms with E-state index >= 15 is 0 Å². The summed E-state index contributed by atoms with van der Waals surface area (Å²) in [6.07, 6.45) is 3.78. The van der Waals surface area contributed by atoms with Gasteiger partial charge < -0.3 is 10.6 Å². The summed E-state index contributed by atoms with van der Waals surface area (Å²) in [7, 11) is 0. The molecule has 2 N–H and O–H groups in total. The molecule has 6 heteroatoms. The highest BCUT2D eigenvalue weighted by molar-refractivity contribution is 6.35. The van der Waals surface area contributed by atoms with Gasteiger partial charge in [-0.2, -0.15) is 0 Å². The van der Waals surface area contributed by atoms with Gasteiger partial charge in [-0.1, -0.05) is 29.3 Å². The van der Waals surface area contributed by atoms with Gasteiger partial charge in [0.15, 0.2) is 0 Å². The van der Waals surface area contributed by atoms with Crippen molar-refractivity contribution in [1.82, 2.24) is 10.3 Å². The van der Waals surface area contributed by atoms with E-state index in [-0.39, 0.29) is 5.91 Å². The average molecular weight is 324 g/mol. The van der Waals surface area contributed by atoms with Crippen LogP contribution in [0.3, 0.4) is 0 Å². The predicted octanol–water partition coefficient (Wildman–Crippen LogP) is 3.51. The third-order valence-corrected chi connectivity index (χ3v) is 3.37. The van der Waals surface area contributed by atoms with Crippen LogP contribution in [0.15, 0.2) is 42.7 Å². The van der Waals surface area contributed by atoms with Crippen molar-refractivity contribution >= 4 is 34.8 Å². The molecular weight excluding hydrogens is 309 g/mol. The van der Waals surface area contributed by atoms with E-state index in [4.69, 9.17) is 23.2 Å². The molecule has 0 bridgehead atoms. The Morgan fingerprint density at radius 1 is 1.24 bits per heavy atom. The van der Waals surface area contributed by atoms with Gasteiger partial charge in [0.25, 0.3) is 0 Å². The number of carbonyl (C=O) groups excluding carboxylic acids is 1. The zero-order valence-corrected chi connectivity index (χ0v) is 12.8. The maximum absolute atomic E-state index is 11.7. The predicted molar refractivity (Wildman–Crippen MR) is 85.7 cm³/mol. The second-order valence-corrected chi connectivity index (χ2v) is 5.28. The van der Waals surface area contributed by atoms with Crippen molar-refractivity contribution in [2.75, 3.05) is 11.9 Å². The summed E-state index contributed by atoms with van der Waals surface area (Å²) in [6.45, 7) is 0.962. The molecule has 0 atom stereocenters. The maximum Gasteiger partial charge on any atom is 0.222 e. The van der Waals surface area contributed by atoms with E-state index in [0.717, 1.165) is 11.3 Å². The number of rotatable bonds is 6. The molecule has 0 unspecified atom stereocenters. The lowest BCUT2D eigenvalue weighted by Crippen LogP contribution is -2.24. The molecule has 1 aromatic heterocycles. The van der Waals surface area contributed by atoms with Crippen LogP contribution in [-0.2, 0) is 11.3 Å². The van der Waals surface area contributed by atoms with Crippen molar-refractivity contribution in [3.63, 3.8) is 0 Å². The second kappa shape index (κ2) is 7.86. The Morgan fingerprint density at radius 2 is 2.10 bits per heavy atom. The Labute approximate surface area is 133 Å². The first kappa shape index (κ1) is 15.6. The molecule has 0 aliphatic heterocycles. The van der Waals surface area contributed by atoms with Gasteiger partial charge in [-0.3, -0.25) is 9.78 Å². The van der Waals surface area contributed by atoms with E-state index < -0.39 is 0 Å². The highest BCUT2D eigenvalue weighted by Crippen LogP contribution is 2.25. The van der Waals surface area contributed by atoms with Crippen LogP contribution in [-0.4, -0.2) is 17.4 Å². The summed E-state index contributed by atoms with van der Waals surface area (Å²) in [5, 5.41) is 7.11. The van der Waals surface area contributed by atoms with Gasteiger partial charge in [0, 0.05) is 36.9 Å². The highest BCUT2D eigenvalue weighted by Gasteiger charge is 2.04. The first-order chi connectivity index (χ1) is 10.1. The molecule has 0 saturated heterocycles. The quantitative estimate of drug-likeness (QED) is 0.855. The first-order valence-electron chi connectivity index (χ1n) is 6.49. The topological polar surface area (TPSA) is 54.0 Å². The standard InChI is InChI=1S/C15H15Cl2N3O/c16-12-3-4-13(17)14(8-12)19-7-5-15(21)20-10-11-2-1-6-18-9-11/h1-4,6,8-9,19H,5,7,10H2,(H,20,21). The van der Waals surface area contributed by atoms with Crippen LogP contribution in [0.2, 0.25) is 10.0 Å². The van der Waals surface area contributed by atoms with E-state index in [9.17, 15) is 4.79 Å². The number of pyridine rings is 1. The lowest BCUT2D eigenvalue weighted by molar-refractivity contribution is -0.121. The van der Waals surface area contributed by atoms with Crippen LogP contribution in [0, 0.1) is 0 Å². The van der Waals surface area contributed by atoms with Gasteiger partial charge in [-0.05, 0) is 29.8 Å². The molecule has 0 aliphatic rings. The molecule has 1 heterocycles. The number of amides is 1. The SMILES string of the molecule is O=C(CCNc1cc(Cl)ccc1Cl)NCc1cccnc1. The molecule has 2 aromatic rings. The molecular formula is C15H15Cl2N3O. The Bertz CT molecular complexity index is 605. The first-order valence-corrected chi connectivity index (χ1v) is 7.25. The van der Waals surface area contributed by atoms with Crippen LogP contribution < -0.4 is 10.6 Å². The number of nitrogens with one attached hydrogen (secondary N) is 2. The van der Waals surface area contributed by atoms with E-state index in [1.807, 2.05) is 12.1 Å². The van der Waals surface area contributed by atoms with Gasteiger partial charge in [0.1, 0.15) is 0 Å². The monoisotopic (exact) mass is 323 g/mol. The highest BCUT2D eigenvalue weighted by atomic mass is 35.5. The molecule has 1 aromatic carbocycles. The third-order valence-electron chi connectivity index (χ3n) is 2.81. The number of aromatic nitrogens is 1. The fourth-order valence-electron chi connectivity index (χ4n) is 1.74. The van der Waals surface area contributed by atoms with Crippen molar-refractivity contribution in [3.8, 4) is 0 Å². The maximum atomic E-state index is 11.7. The number of anilines is 1. The summed E-state index contributed by atoms with van der Waals surface area (Å²) in [5.74, 6) is -0.0375. The molecule has 4 nitrogen and oxygen atoms in total. The second-order valence-electron chi connectivity index (χ2n) is 4.44. The number of hydrogen-bond acceptors (Lipinski definition) is 3. The summed E-state index contributed by atoms with van der Waals surface area (Å²) in [4.78, 5) is 15.7. The van der Waals surface area contributed by atoms with E-state index in [1.165, 1.54) is 0 Å². The lowest BCUT2D eigenvalue weighted by Gasteiger charge is -2.09. The minimum Gasteiger partial charge on any atom is -0.383 e. The zero-order valence-electron chi connectivity index (χ0n) is 11.3. The fourth-order valence-corrected chi connectivity index (χ4v) is 2.09. The van der Waals surface area contributed by atoms with E-state index in [1.54, 1.807) is 30.6 Å². The molecule has 21 heavy (non-hydrogen) atoms. The van der Waals surface area contributed by atoms with Crippen LogP contribution in [0.25, 0.3) is 0 Å². The van der Waals surface area contributed by atoms with Crippen molar-refractivity contribution in [1.29, 1.82) is 0 Å². The van der Waals surface area contributed by atoms with Gasteiger partial charge in [-0.25, -0.2) is 0 Å². The van der Waals surface area contributed by atoms with Crippen LogP contribution in [0.1, 0.15) is 12.0 Å². The number of nitrogens with zero attached hydrogens (tertiary/aromatic N) is 1. The number of benzene rings is 1. The summed E-state index contributed by atoms with van der Waals surface area (Å²) in [6, 6.07) is 8.92. The van der Waals surface area contributed by atoms with Crippen LogP contribution in [0.4, 0.5) is 5.69 Å². The van der Waals surface area contributed by atoms with E-state index in [2.05, 4.69) is 15.6 Å². The van der Waals surface area contributed by atoms with Crippen molar-refractivity contribution in [2.45, 2.75) is 13.0 Å². The van der Waals surface area contributed by atoms with Crippen LogP contribution in [0.5, 0.6) is 0 Å². The van der Waals surface area contributed by atoms with Crippen molar-refractivity contribution < 1.29 is 4.79 Å². The van der Waals surface area contributed by atoms with Crippen LogP contribution >= 0.6 is 23.2 Å². The number of halogens is 2. The lowest BCUT2D eigenvalue weighted by atomic mass is 10.2. The molecule has 0 aliphatic carbocycles. The van der Waals surface area contributed by atoms with Crippen molar-refractivity contribution in [3.05, 3.63) is 58.3 Å². The van der Waals surface area contributed by atoms with E-state index in [0.29, 0.717) is 29.6 Å². The largest absolute Gasteiger partial charge is 0.383 e. The summed E-state index contributed by atoms with van der Waals surface area (Å²) in [5.41, 5.74) is 1.70. The molecule has 110 valence electrons. The van der Waals surface area contributed by atoms with Crippen molar-refractivity contribution in [2.24, 2.45) is 0 Å². The minimum absolute atomic E-state index is 0.0375. The molecule has 0 fully saturated rings. The molecule has 1 amide bonds. The Kier molecular flexibility index (Phi) is 5.84. The van der Waals surface area contributed by atoms with Gasteiger partial charge in [0.05, 0.1) is 10.7 Å². The Balaban J connectivity index is 1.73. The van der Waals surface area contributed by atoms with Gasteiger partial charge >= 0.3 is 0 Å². The average Bonchev–Trinajstić information content (AvgIpc) is 2.50. The molecule has 2 rings (SSSR count). The van der Waals surface area contributed by atoms with Gasteiger partial charge in [-0.15, -0.1) is 0 Å². The number of carbonyl (C=O) groups is 1. The summed E-state index contributed by atoms with van der Waals surface area (Å²) < 4.78 is 0. The molecule has 0 radical (unpaired) electrons. The Hall–Kier alpha value is -1.78. The smallest absolute Gasteiger partial charge is 0.222 e. The van der Waals surface area contributed by atoms with Gasteiger partial charge in [0.2, 0.25) is 5.91 Å². The minimum atomic E-state index is -0.0375. The third kappa shape index (κ3) is 5.25. The molecule has 0 spiro atoms.